The average molecular weight is 463 g/mol. The molecule has 0 aliphatic carbocycles. The molecular formula is C25H26N4O5. The maximum absolute atomic E-state index is 12.3. The number of ether oxygens (including phenoxy) is 2. The van der Waals surface area contributed by atoms with Crippen LogP contribution in [-0.2, 0) is 0 Å². The van der Waals surface area contributed by atoms with Gasteiger partial charge in [0, 0.05) is 36.0 Å². The molecule has 176 valence electrons. The highest BCUT2D eigenvalue weighted by Crippen LogP contribution is 2.29. The summed E-state index contributed by atoms with van der Waals surface area (Å²) in [6, 6.07) is 19.9. The van der Waals surface area contributed by atoms with Gasteiger partial charge in [-0.3, -0.25) is 9.59 Å². The van der Waals surface area contributed by atoms with Crippen LogP contribution in [0.1, 0.15) is 20.7 Å². The molecule has 9 nitrogen and oxygen atoms in total. The monoisotopic (exact) mass is 462 g/mol. The fourth-order valence-electron chi connectivity index (χ4n) is 3.04. The summed E-state index contributed by atoms with van der Waals surface area (Å²) in [5, 5.41) is 10.9. The van der Waals surface area contributed by atoms with Crippen molar-refractivity contribution < 1.29 is 23.9 Å². The highest BCUT2D eigenvalue weighted by molar-refractivity contribution is 6.01. The van der Waals surface area contributed by atoms with Crippen LogP contribution in [0.15, 0.2) is 72.8 Å². The first-order chi connectivity index (χ1) is 16.5. The number of hydrogen-bond donors (Lipinski definition) is 4. The fraction of sp³-hybridized carbons (Fsp3) is 0.160. The Morgan fingerprint density at radius 2 is 1.32 bits per heavy atom. The predicted molar refractivity (Wildman–Crippen MR) is 130 cm³/mol. The van der Waals surface area contributed by atoms with Crippen LogP contribution in [0.2, 0.25) is 0 Å². The van der Waals surface area contributed by atoms with Gasteiger partial charge in [0.2, 0.25) is 0 Å². The molecule has 0 saturated heterocycles. The first-order valence-corrected chi connectivity index (χ1v) is 10.5. The van der Waals surface area contributed by atoms with Gasteiger partial charge in [-0.1, -0.05) is 18.2 Å². The second kappa shape index (κ2) is 11.9. The molecule has 0 fully saturated rings. The third-order valence-corrected chi connectivity index (χ3v) is 4.79. The number of hydrogen-bond acceptors (Lipinski definition) is 5. The normalized spacial score (nSPS) is 10.1. The molecule has 4 N–H and O–H groups in total. The van der Waals surface area contributed by atoms with Crippen molar-refractivity contribution in [2.45, 2.75) is 0 Å². The minimum atomic E-state index is -0.463. The van der Waals surface area contributed by atoms with Crippen LogP contribution in [0.4, 0.5) is 16.2 Å². The van der Waals surface area contributed by atoms with Gasteiger partial charge in [-0.05, 0) is 48.5 Å². The summed E-state index contributed by atoms with van der Waals surface area (Å²) in [6.45, 7) is 0.581. The molecule has 0 atom stereocenters. The SMILES string of the molecule is COc1ccc(NC(=O)Nc2ccc(C(=O)NCCNC(=O)c3ccccc3)cc2)c(OC)c1. The van der Waals surface area contributed by atoms with Gasteiger partial charge in [0.05, 0.1) is 19.9 Å². The van der Waals surface area contributed by atoms with Gasteiger partial charge in [-0.15, -0.1) is 0 Å². The summed E-state index contributed by atoms with van der Waals surface area (Å²) in [4.78, 5) is 36.6. The number of urea groups is 1. The second-order valence-corrected chi connectivity index (χ2v) is 7.10. The molecule has 0 bridgehead atoms. The van der Waals surface area contributed by atoms with Crippen molar-refractivity contribution in [1.29, 1.82) is 0 Å². The Kier molecular flexibility index (Phi) is 8.45. The quantitative estimate of drug-likeness (QED) is 0.363. The molecule has 4 amide bonds. The van der Waals surface area contributed by atoms with E-state index in [1.54, 1.807) is 73.8 Å². The van der Waals surface area contributed by atoms with E-state index < -0.39 is 6.03 Å². The fourth-order valence-corrected chi connectivity index (χ4v) is 3.04. The Morgan fingerprint density at radius 1 is 0.706 bits per heavy atom. The van der Waals surface area contributed by atoms with E-state index in [1.807, 2.05) is 6.07 Å². The molecule has 34 heavy (non-hydrogen) atoms. The zero-order valence-electron chi connectivity index (χ0n) is 18.9. The van der Waals surface area contributed by atoms with E-state index in [4.69, 9.17) is 9.47 Å². The topological polar surface area (TPSA) is 118 Å². The summed E-state index contributed by atoms with van der Waals surface area (Å²) in [5.74, 6) is 0.584. The molecule has 0 aliphatic heterocycles. The molecule has 0 aliphatic rings. The lowest BCUT2D eigenvalue weighted by Crippen LogP contribution is -2.34. The van der Waals surface area contributed by atoms with Gasteiger partial charge < -0.3 is 30.7 Å². The lowest BCUT2D eigenvalue weighted by molar-refractivity contribution is 0.0927. The molecular weight excluding hydrogens is 436 g/mol. The number of carbonyl (C=O) groups excluding carboxylic acids is 3. The third kappa shape index (κ3) is 6.73. The van der Waals surface area contributed by atoms with Crippen LogP contribution >= 0.6 is 0 Å². The third-order valence-electron chi connectivity index (χ3n) is 4.79. The van der Waals surface area contributed by atoms with Gasteiger partial charge in [0.1, 0.15) is 11.5 Å². The van der Waals surface area contributed by atoms with E-state index in [0.29, 0.717) is 40.5 Å². The lowest BCUT2D eigenvalue weighted by atomic mass is 10.2. The van der Waals surface area contributed by atoms with Gasteiger partial charge in [0.15, 0.2) is 0 Å². The average Bonchev–Trinajstić information content (AvgIpc) is 2.87. The van der Waals surface area contributed by atoms with Crippen molar-refractivity contribution >= 4 is 29.2 Å². The van der Waals surface area contributed by atoms with Crippen molar-refractivity contribution in [1.82, 2.24) is 10.6 Å². The summed E-state index contributed by atoms with van der Waals surface area (Å²) in [7, 11) is 3.04. The van der Waals surface area contributed by atoms with Crippen LogP contribution in [0, 0.1) is 0 Å². The first-order valence-electron chi connectivity index (χ1n) is 10.5. The highest BCUT2D eigenvalue weighted by Gasteiger charge is 2.10. The molecule has 3 aromatic carbocycles. The second-order valence-electron chi connectivity index (χ2n) is 7.10. The molecule has 0 unspecified atom stereocenters. The predicted octanol–water partition coefficient (Wildman–Crippen LogP) is 3.51. The van der Waals surface area contributed by atoms with Crippen LogP contribution in [0.5, 0.6) is 11.5 Å². The molecule has 0 aromatic heterocycles. The number of amides is 4. The van der Waals surface area contributed by atoms with Gasteiger partial charge in [0.25, 0.3) is 11.8 Å². The van der Waals surface area contributed by atoms with Crippen molar-refractivity contribution in [3.63, 3.8) is 0 Å². The Hall–Kier alpha value is -4.53. The van der Waals surface area contributed by atoms with E-state index in [1.165, 1.54) is 7.11 Å². The smallest absolute Gasteiger partial charge is 0.323 e. The largest absolute Gasteiger partial charge is 0.497 e. The van der Waals surface area contributed by atoms with Crippen molar-refractivity contribution in [3.05, 3.63) is 83.9 Å². The summed E-state index contributed by atoms with van der Waals surface area (Å²) < 4.78 is 10.4. The van der Waals surface area contributed by atoms with Crippen LogP contribution < -0.4 is 30.7 Å². The van der Waals surface area contributed by atoms with Crippen molar-refractivity contribution in [2.75, 3.05) is 37.9 Å². The van der Waals surface area contributed by atoms with Crippen LogP contribution in [-0.4, -0.2) is 45.2 Å². The highest BCUT2D eigenvalue weighted by atomic mass is 16.5. The Morgan fingerprint density at radius 3 is 1.91 bits per heavy atom. The number of rotatable bonds is 9. The van der Waals surface area contributed by atoms with E-state index in [-0.39, 0.29) is 18.4 Å². The maximum atomic E-state index is 12.3. The van der Waals surface area contributed by atoms with Crippen LogP contribution in [0.25, 0.3) is 0 Å². The molecule has 0 heterocycles. The minimum Gasteiger partial charge on any atom is -0.497 e. The molecule has 3 rings (SSSR count). The van der Waals surface area contributed by atoms with E-state index in [2.05, 4.69) is 21.3 Å². The van der Waals surface area contributed by atoms with E-state index in [0.717, 1.165) is 0 Å². The molecule has 9 heteroatoms. The Bertz CT molecular complexity index is 1130. The summed E-state index contributed by atoms with van der Waals surface area (Å²) in [6.07, 6.45) is 0. The maximum Gasteiger partial charge on any atom is 0.323 e. The zero-order chi connectivity index (χ0) is 24.3. The lowest BCUT2D eigenvalue weighted by Gasteiger charge is -2.12. The van der Waals surface area contributed by atoms with Gasteiger partial charge in [-0.2, -0.15) is 0 Å². The number of nitrogens with one attached hydrogen (secondary N) is 4. The van der Waals surface area contributed by atoms with Crippen molar-refractivity contribution in [3.8, 4) is 11.5 Å². The number of methoxy groups -OCH3 is 2. The first kappa shape index (κ1) is 24.1. The standard InChI is InChI=1S/C25H26N4O5/c1-33-20-12-13-21(22(16-20)34-2)29-25(32)28-19-10-8-18(9-11-19)24(31)27-15-14-26-23(30)17-6-4-3-5-7-17/h3-13,16H,14-15H2,1-2H3,(H,26,30)(H,27,31)(H2,28,29,32). The van der Waals surface area contributed by atoms with Crippen molar-refractivity contribution in [2.24, 2.45) is 0 Å². The van der Waals surface area contributed by atoms with E-state index in [9.17, 15) is 14.4 Å². The Labute approximate surface area is 197 Å². The van der Waals surface area contributed by atoms with Gasteiger partial charge in [-0.25, -0.2) is 4.79 Å². The molecule has 0 saturated carbocycles. The minimum absolute atomic E-state index is 0.198. The molecule has 0 spiro atoms. The zero-order valence-corrected chi connectivity index (χ0v) is 18.9. The summed E-state index contributed by atoms with van der Waals surface area (Å²) >= 11 is 0. The van der Waals surface area contributed by atoms with E-state index >= 15 is 0 Å². The molecule has 0 radical (unpaired) electrons. The number of anilines is 2. The number of carbonyl (C=O) groups is 3. The van der Waals surface area contributed by atoms with Crippen LogP contribution in [0.3, 0.4) is 0 Å². The number of benzene rings is 3. The summed E-state index contributed by atoms with van der Waals surface area (Å²) in [5.41, 5.74) is 1.98. The Balaban J connectivity index is 1.45. The van der Waals surface area contributed by atoms with Gasteiger partial charge >= 0.3 is 6.03 Å². The molecule has 3 aromatic rings.